The highest BCUT2D eigenvalue weighted by Crippen LogP contribution is 2.20. The fourth-order valence-corrected chi connectivity index (χ4v) is 1.80. The van der Waals surface area contributed by atoms with E-state index in [2.05, 4.69) is 4.98 Å². The third-order valence-corrected chi connectivity index (χ3v) is 2.74. The largest absolute Gasteiger partial charge is 0.497 e. The van der Waals surface area contributed by atoms with Gasteiger partial charge in [0.2, 0.25) is 0 Å². The molecule has 0 aliphatic rings. The highest BCUT2D eigenvalue weighted by Gasteiger charge is 2.29. The number of H-pyrrole nitrogens is 1. The number of nitrogens with zero attached hydrogens (tertiary/aromatic N) is 1. The molecule has 0 bridgehead atoms. The van der Waals surface area contributed by atoms with Gasteiger partial charge < -0.3 is 9.72 Å². The minimum atomic E-state index is -4.64. The van der Waals surface area contributed by atoms with Crippen LogP contribution < -0.4 is 16.0 Å². The van der Waals surface area contributed by atoms with E-state index in [-0.39, 0.29) is 10.3 Å². The molecule has 5 nitrogen and oxygen atoms in total. The van der Waals surface area contributed by atoms with E-state index in [4.69, 9.17) is 4.74 Å². The lowest BCUT2D eigenvalue weighted by Crippen LogP contribution is -2.39. The summed E-state index contributed by atoms with van der Waals surface area (Å²) in [5, 5.41) is 0. The summed E-state index contributed by atoms with van der Waals surface area (Å²) >= 11 is 0. The van der Waals surface area contributed by atoms with E-state index < -0.39 is 24.0 Å². The first-order chi connectivity index (χ1) is 9.80. The van der Waals surface area contributed by atoms with E-state index in [1.165, 1.54) is 7.11 Å². The Morgan fingerprint density at radius 3 is 2.52 bits per heavy atom. The number of hydrogen-bond donors (Lipinski definition) is 1. The number of hydrogen-bond acceptors (Lipinski definition) is 3. The molecular weight excluding hydrogens is 289 g/mol. The Bertz CT molecular complexity index is 731. The summed E-state index contributed by atoms with van der Waals surface area (Å²) in [5.41, 5.74) is -1.54. The van der Waals surface area contributed by atoms with Crippen LogP contribution in [0.15, 0.2) is 39.9 Å². The summed E-state index contributed by atoms with van der Waals surface area (Å²) in [6.07, 6.45) is -4.64. The highest BCUT2D eigenvalue weighted by molar-refractivity contribution is 5.60. The van der Waals surface area contributed by atoms with Gasteiger partial charge in [0.1, 0.15) is 12.3 Å². The van der Waals surface area contributed by atoms with E-state index in [0.717, 1.165) is 6.07 Å². The third-order valence-electron chi connectivity index (χ3n) is 2.74. The molecule has 8 heteroatoms. The maximum Gasteiger partial charge on any atom is 0.406 e. The van der Waals surface area contributed by atoms with Crippen LogP contribution in [0.2, 0.25) is 0 Å². The minimum Gasteiger partial charge on any atom is -0.497 e. The summed E-state index contributed by atoms with van der Waals surface area (Å²) in [7, 11) is 1.45. The first-order valence-corrected chi connectivity index (χ1v) is 5.85. The van der Waals surface area contributed by atoms with Crippen LogP contribution in [0.25, 0.3) is 11.3 Å². The van der Waals surface area contributed by atoms with Crippen LogP contribution in [0.4, 0.5) is 13.2 Å². The smallest absolute Gasteiger partial charge is 0.406 e. The summed E-state index contributed by atoms with van der Waals surface area (Å²) < 4.78 is 42.0. The van der Waals surface area contributed by atoms with Crippen molar-refractivity contribution in [3.8, 4) is 17.0 Å². The normalized spacial score (nSPS) is 11.4. The number of alkyl halides is 3. The number of nitrogens with one attached hydrogen (secondary N) is 1. The first-order valence-electron chi connectivity index (χ1n) is 5.85. The van der Waals surface area contributed by atoms with Crippen molar-refractivity contribution in [2.75, 3.05) is 7.11 Å². The monoisotopic (exact) mass is 300 g/mol. The van der Waals surface area contributed by atoms with Crippen LogP contribution in [0, 0.1) is 0 Å². The molecule has 2 aromatic rings. The SMILES string of the molecule is COc1cccc(-c2cc(=O)n(CC(F)(F)F)c(=O)[nH]2)c1. The Hall–Kier alpha value is -2.51. The van der Waals surface area contributed by atoms with Crippen LogP contribution in [0.5, 0.6) is 5.75 Å². The molecule has 0 saturated carbocycles. The Labute approximate surface area is 116 Å². The molecule has 1 N–H and O–H groups in total. The molecule has 0 fully saturated rings. The number of aromatic nitrogens is 2. The zero-order chi connectivity index (χ0) is 15.6. The molecule has 0 aliphatic carbocycles. The van der Waals surface area contributed by atoms with Gasteiger partial charge in [-0.25, -0.2) is 4.79 Å². The number of methoxy groups -OCH3 is 1. The maximum atomic E-state index is 12.3. The van der Waals surface area contributed by atoms with Gasteiger partial charge in [0.05, 0.1) is 12.8 Å². The molecule has 21 heavy (non-hydrogen) atoms. The first kappa shape index (κ1) is 14.9. The minimum absolute atomic E-state index is 0.101. The lowest BCUT2D eigenvalue weighted by Gasteiger charge is -2.09. The van der Waals surface area contributed by atoms with Gasteiger partial charge in [0.25, 0.3) is 5.56 Å². The molecule has 2 rings (SSSR count). The predicted molar refractivity (Wildman–Crippen MR) is 69.4 cm³/mol. The fraction of sp³-hybridized carbons (Fsp3) is 0.231. The lowest BCUT2D eigenvalue weighted by atomic mass is 10.1. The molecule has 0 saturated heterocycles. The second-order valence-corrected chi connectivity index (χ2v) is 4.26. The summed E-state index contributed by atoms with van der Waals surface area (Å²) in [6.45, 7) is -1.63. The molecule has 0 spiro atoms. The summed E-state index contributed by atoms with van der Waals surface area (Å²) in [6, 6.07) is 7.39. The Kier molecular flexibility index (Phi) is 3.88. The van der Waals surface area contributed by atoms with Gasteiger partial charge in [-0.1, -0.05) is 12.1 Å². The average Bonchev–Trinajstić information content (AvgIpc) is 2.41. The molecule has 0 atom stereocenters. The van der Waals surface area contributed by atoms with Gasteiger partial charge in [-0.15, -0.1) is 0 Å². The number of aromatic amines is 1. The van der Waals surface area contributed by atoms with E-state index in [9.17, 15) is 22.8 Å². The molecule has 1 aromatic heterocycles. The zero-order valence-electron chi connectivity index (χ0n) is 10.9. The van der Waals surface area contributed by atoms with Crippen LogP contribution in [-0.4, -0.2) is 22.8 Å². The number of ether oxygens (including phenoxy) is 1. The molecule has 112 valence electrons. The molecule has 0 amide bonds. The molecule has 0 unspecified atom stereocenters. The van der Waals surface area contributed by atoms with Gasteiger partial charge in [-0.2, -0.15) is 13.2 Å². The van der Waals surface area contributed by atoms with Crippen molar-refractivity contribution >= 4 is 0 Å². The van der Waals surface area contributed by atoms with Crippen molar-refractivity contribution in [1.82, 2.24) is 9.55 Å². The van der Waals surface area contributed by atoms with E-state index in [0.29, 0.717) is 11.3 Å². The summed E-state index contributed by atoms with van der Waals surface area (Å²) in [5.74, 6) is 0.493. The second-order valence-electron chi connectivity index (χ2n) is 4.26. The average molecular weight is 300 g/mol. The van der Waals surface area contributed by atoms with Crippen LogP contribution in [0.3, 0.4) is 0 Å². The van der Waals surface area contributed by atoms with Crippen LogP contribution in [0.1, 0.15) is 0 Å². The van der Waals surface area contributed by atoms with Gasteiger partial charge in [0, 0.05) is 11.6 Å². The van der Waals surface area contributed by atoms with Crippen molar-refractivity contribution in [1.29, 1.82) is 0 Å². The van der Waals surface area contributed by atoms with Gasteiger partial charge in [-0.3, -0.25) is 9.36 Å². The Morgan fingerprint density at radius 1 is 1.24 bits per heavy atom. The maximum absolute atomic E-state index is 12.3. The molecule has 0 aliphatic heterocycles. The number of halogens is 3. The van der Waals surface area contributed by atoms with Crippen molar-refractivity contribution in [2.24, 2.45) is 0 Å². The van der Waals surface area contributed by atoms with Gasteiger partial charge >= 0.3 is 11.9 Å². The number of benzene rings is 1. The number of rotatable bonds is 3. The van der Waals surface area contributed by atoms with Gasteiger partial charge in [-0.05, 0) is 12.1 Å². The van der Waals surface area contributed by atoms with Crippen molar-refractivity contribution < 1.29 is 17.9 Å². The Balaban J connectivity index is 2.49. The predicted octanol–water partition coefficient (Wildman–Crippen LogP) is 1.77. The summed E-state index contributed by atoms with van der Waals surface area (Å²) in [4.78, 5) is 25.6. The lowest BCUT2D eigenvalue weighted by molar-refractivity contribution is -0.141. The van der Waals surface area contributed by atoms with E-state index in [1.54, 1.807) is 24.3 Å². The van der Waals surface area contributed by atoms with Crippen molar-refractivity contribution in [2.45, 2.75) is 12.7 Å². The van der Waals surface area contributed by atoms with E-state index >= 15 is 0 Å². The zero-order valence-corrected chi connectivity index (χ0v) is 10.9. The topological polar surface area (TPSA) is 64.1 Å². The standard InChI is InChI=1S/C13H11F3N2O3/c1-21-9-4-2-3-8(5-9)10-6-11(19)18(12(20)17-10)7-13(14,15)16/h2-6H,7H2,1H3,(H,17,20). The highest BCUT2D eigenvalue weighted by atomic mass is 19.4. The third kappa shape index (κ3) is 3.53. The molecular formula is C13H11F3N2O3. The van der Waals surface area contributed by atoms with Crippen LogP contribution in [-0.2, 0) is 6.54 Å². The van der Waals surface area contributed by atoms with Crippen LogP contribution >= 0.6 is 0 Å². The van der Waals surface area contributed by atoms with Crippen molar-refractivity contribution in [3.63, 3.8) is 0 Å². The van der Waals surface area contributed by atoms with Gasteiger partial charge in [0.15, 0.2) is 0 Å². The quantitative estimate of drug-likeness (QED) is 0.939. The molecule has 1 aromatic carbocycles. The van der Waals surface area contributed by atoms with Crippen molar-refractivity contribution in [3.05, 3.63) is 51.2 Å². The fourth-order valence-electron chi connectivity index (χ4n) is 1.80. The second kappa shape index (κ2) is 5.47. The Morgan fingerprint density at radius 2 is 1.95 bits per heavy atom. The van der Waals surface area contributed by atoms with E-state index in [1.807, 2.05) is 0 Å². The molecule has 1 heterocycles. The molecule has 0 radical (unpaired) electrons.